The average molecular weight is 287 g/mol. The Morgan fingerprint density at radius 2 is 2.21 bits per heavy atom. The Bertz CT molecular complexity index is 443. The molecule has 1 saturated carbocycles. The van der Waals surface area contributed by atoms with Crippen LogP contribution in [0.5, 0.6) is 0 Å². The van der Waals surface area contributed by atoms with Crippen LogP contribution in [0.1, 0.15) is 26.2 Å². The first-order valence-corrected chi connectivity index (χ1v) is 7.44. The zero-order chi connectivity index (χ0) is 13.9. The van der Waals surface area contributed by atoms with Crippen molar-refractivity contribution in [3.63, 3.8) is 0 Å². The molecular weight excluding hydrogens is 268 g/mol. The van der Waals surface area contributed by atoms with Crippen LogP contribution in [0.4, 0.5) is 8.78 Å². The molecule has 1 aliphatic rings. The molecule has 2 unspecified atom stereocenters. The highest BCUT2D eigenvalue weighted by atomic mass is 32.2. The lowest BCUT2D eigenvalue weighted by atomic mass is 9.99. The maximum atomic E-state index is 13.2. The zero-order valence-electron chi connectivity index (χ0n) is 11.0. The summed E-state index contributed by atoms with van der Waals surface area (Å²) < 4.78 is 26.0. The van der Waals surface area contributed by atoms with Crippen molar-refractivity contribution in [3.05, 3.63) is 29.8 Å². The van der Waals surface area contributed by atoms with Crippen molar-refractivity contribution in [2.45, 2.75) is 41.9 Å². The van der Waals surface area contributed by atoms with E-state index in [4.69, 9.17) is 0 Å². The van der Waals surface area contributed by atoms with Crippen molar-refractivity contribution >= 4 is 11.8 Å². The number of aliphatic hydroxyl groups excluding tert-OH is 1. The average Bonchev–Trinajstić information content (AvgIpc) is 2.78. The summed E-state index contributed by atoms with van der Waals surface area (Å²) in [5.41, 5.74) is -0.203. The lowest BCUT2D eigenvalue weighted by molar-refractivity contribution is 0.167. The zero-order valence-corrected chi connectivity index (χ0v) is 11.8. The largest absolute Gasteiger partial charge is 0.394 e. The van der Waals surface area contributed by atoms with Gasteiger partial charge in [0, 0.05) is 15.7 Å². The minimum Gasteiger partial charge on any atom is -0.394 e. The molecule has 0 heterocycles. The molecule has 2 N–H and O–H groups in total. The molecule has 2 rings (SSSR count). The van der Waals surface area contributed by atoms with Gasteiger partial charge in [0.15, 0.2) is 11.6 Å². The summed E-state index contributed by atoms with van der Waals surface area (Å²) in [6.07, 6.45) is 2.73. The smallest absolute Gasteiger partial charge is 0.159 e. The quantitative estimate of drug-likeness (QED) is 0.873. The Morgan fingerprint density at radius 3 is 2.84 bits per heavy atom. The van der Waals surface area contributed by atoms with Crippen LogP contribution < -0.4 is 5.32 Å². The molecule has 1 aromatic carbocycles. The summed E-state index contributed by atoms with van der Waals surface area (Å²) in [7, 11) is 0. The molecule has 0 spiro atoms. The van der Waals surface area contributed by atoms with Gasteiger partial charge in [0.2, 0.25) is 0 Å². The Balaban J connectivity index is 1.99. The van der Waals surface area contributed by atoms with Gasteiger partial charge < -0.3 is 10.4 Å². The van der Waals surface area contributed by atoms with E-state index in [1.54, 1.807) is 17.8 Å². The molecule has 1 aromatic rings. The summed E-state index contributed by atoms with van der Waals surface area (Å²) in [5, 5.41) is 13.2. The highest BCUT2D eigenvalue weighted by Crippen LogP contribution is 2.40. The van der Waals surface area contributed by atoms with Crippen LogP contribution in [0.2, 0.25) is 0 Å². The van der Waals surface area contributed by atoms with Gasteiger partial charge in [-0.2, -0.15) is 0 Å². The monoisotopic (exact) mass is 287 g/mol. The highest BCUT2D eigenvalue weighted by molar-refractivity contribution is 8.00. The number of rotatable bonds is 5. The van der Waals surface area contributed by atoms with Gasteiger partial charge >= 0.3 is 0 Å². The molecule has 0 bridgehead atoms. The Hall–Kier alpha value is -0.650. The van der Waals surface area contributed by atoms with Gasteiger partial charge in [-0.25, -0.2) is 8.78 Å². The predicted molar refractivity (Wildman–Crippen MR) is 73.3 cm³/mol. The van der Waals surface area contributed by atoms with Crippen LogP contribution in [-0.4, -0.2) is 29.0 Å². The number of halogens is 2. The first kappa shape index (κ1) is 14.8. The normalized spacial score (nSPS) is 26.8. The number of hydrogen-bond donors (Lipinski definition) is 2. The first-order chi connectivity index (χ1) is 9.08. The second-order valence-electron chi connectivity index (χ2n) is 5.03. The number of aliphatic hydroxyl groups is 1. The van der Waals surface area contributed by atoms with E-state index in [0.29, 0.717) is 5.25 Å². The summed E-state index contributed by atoms with van der Waals surface area (Å²) in [4.78, 5) is 0.745. The van der Waals surface area contributed by atoms with Gasteiger partial charge in [0.25, 0.3) is 0 Å². The van der Waals surface area contributed by atoms with Crippen LogP contribution in [0.25, 0.3) is 0 Å². The maximum Gasteiger partial charge on any atom is 0.159 e. The number of thioether (sulfide) groups is 1. The van der Waals surface area contributed by atoms with Gasteiger partial charge in [0.05, 0.1) is 6.61 Å². The fraction of sp³-hybridized carbons (Fsp3) is 0.571. The molecule has 106 valence electrons. The van der Waals surface area contributed by atoms with E-state index in [1.165, 1.54) is 6.07 Å². The van der Waals surface area contributed by atoms with E-state index in [2.05, 4.69) is 5.32 Å². The van der Waals surface area contributed by atoms with Gasteiger partial charge in [-0.05, 0) is 44.0 Å². The van der Waals surface area contributed by atoms with Crippen LogP contribution in [-0.2, 0) is 0 Å². The lowest BCUT2D eigenvalue weighted by Crippen LogP contribution is -2.46. The first-order valence-electron chi connectivity index (χ1n) is 6.56. The molecule has 0 aromatic heterocycles. The van der Waals surface area contributed by atoms with Crippen molar-refractivity contribution in [3.8, 4) is 0 Å². The van der Waals surface area contributed by atoms with E-state index in [1.807, 2.05) is 6.92 Å². The molecule has 19 heavy (non-hydrogen) atoms. The number of likely N-dealkylation sites (N-methyl/N-ethyl adjacent to an activating group) is 1. The number of nitrogens with one attached hydrogen (secondary N) is 1. The van der Waals surface area contributed by atoms with Gasteiger partial charge in [0.1, 0.15) is 0 Å². The van der Waals surface area contributed by atoms with Crippen LogP contribution in [0, 0.1) is 11.6 Å². The standard InChI is InChI=1S/C14H19F2NOS/c1-2-17-14(9-18)6-5-11(8-14)19-10-3-4-12(15)13(16)7-10/h3-4,7,11,17-18H,2,5-6,8-9H2,1H3. The third-order valence-corrected chi connectivity index (χ3v) is 4.87. The van der Waals surface area contributed by atoms with Crippen LogP contribution in [0.3, 0.4) is 0 Å². The van der Waals surface area contributed by atoms with Crippen molar-refractivity contribution in [2.75, 3.05) is 13.2 Å². The van der Waals surface area contributed by atoms with E-state index in [0.717, 1.165) is 36.8 Å². The molecule has 0 radical (unpaired) electrons. The third-order valence-electron chi connectivity index (χ3n) is 3.61. The van der Waals surface area contributed by atoms with E-state index in [9.17, 15) is 13.9 Å². The maximum absolute atomic E-state index is 13.2. The number of hydrogen-bond acceptors (Lipinski definition) is 3. The summed E-state index contributed by atoms with van der Waals surface area (Å²) in [6, 6.07) is 4.01. The molecule has 0 amide bonds. The van der Waals surface area contributed by atoms with Gasteiger partial charge in [-0.1, -0.05) is 6.92 Å². The van der Waals surface area contributed by atoms with Gasteiger partial charge in [-0.3, -0.25) is 0 Å². The molecule has 2 atom stereocenters. The molecular formula is C14H19F2NOS. The SMILES string of the molecule is CCNC1(CO)CCC(Sc2ccc(F)c(F)c2)C1. The second kappa shape index (κ2) is 6.20. The minimum atomic E-state index is -0.812. The Kier molecular flexibility index (Phi) is 4.81. The summed E-state index contributed by atoms with van der Waals surface area (Å²) in [6.45, 7) is 2.96. The third kappa shape index (κ3) is 3.46. The van der Waals surface area contributed by atoms with E-state index < -0.39 is 11.6 Å². The van der Waals surface area contributed by atoms with Crippen molar-refractivity contribution < 1.29 is 13.9 Å². The minimum absolute atomic E-state index is 0.121. The van der Waals surface area contributed by atoms with Gasteiger partial charge in [-0.15, -0.1) is 11.8 Å². The fourth-order valence-corrected chi connectivity index (χ4v) is 4.00. The van der Waals surface area contributed by atoms with E-state index >= 15 is 0 Å². The predicted octanol–water partition coefficient (Wildman–Crippen LogP) is 2.95. The highest BCUT2D eigenvalue weighted by Gasteiger charge is 2.38. The van der Waals surface area contributed by atoms with Crippen molar-refractivity contribution in [1.29, 1.82) is 0 Å². The molecule has 1 fully saturated rings. The molecule has 0 aliphatic heterocycles. The van der Waals surface area contributed by atoms with Crippen LogP contribution in [0.15, 0.2) is 23.1 Å². The topological polar surface area (TPSA) is 32.3 Å². The Morgan fingerprint density at radius 1 is 1.42 bits per heavy atom. The molecule has 5 heteroatoms. The number of benzene rings is 1. The summed E-state index contributed by atoms with van der Waals surface area (Å²) in [5.74, 6) is -1.61. The van der Waals surface area contributed by atoms with Crippen LogP contribution >= 0.6 is 11.8 Å². The second-order valence-corrected chi connectivity index (χ2v) is 6.40. The summed E-state index contributed by atoms with van der Waals surface area (Å²) >= 11 is 1.56. The molecule has 0 saturated heterocycles. The lowest BCUT2D eigenvalue weighted by Gasteiger charge is -2.28. The van der Waals surface area contributed by atoms with Crippen molar-refractivity contribution in [1.82, 2.24) is 5.32 Å². The van der Waals surface area contributed by atoms with E-state index in [-0.39, 0.29) is 12.1 Å². The van der Waals surface area contributed by atoms with Crippen molar-refractivity contribution in [2.24, 2.45) is 0 Å². The Labute approximate surface area is 116 Å². The fourth-order valence-electron chi connectivity index (χ4n) is 2.66. The molecule has 1 aliphatic carbocycles. The molecule has 2 nitrogen and oxygen atoms in total.